The van der Waals surface area contributed by atoms with E-state index in [-0.39, 0.29) is 12.1 Å². The number of rotatable bonds is 4. The topological polar surface area (TPSA) is 38.0 Å². The molecule has 1 fully saturated rings. The molecule has 0 bridgehead atoms. The molecule has 0 saturated heterocycles. The highest BCUT2D eigenvalue weighted by Gasteiger charge is 2.34. The molecule has 1 unspecified atom stereocenters. The number of hydrogen-bond acceptors (Lipinski definition) is 2. The molecule has 0 amide bonds. The Morgan fingerprint density at radius 2 is 1.88 bits per heavy atom. The Kier molecular flexibility index (Phi) is 4.68. The molecular weight excluding hydrogens is 210 g/mol. The van der Waals surface area contributed by atoms with Gasteiger partial charge in [0.1, 0.15) is 0 Å². The van der Waals surface area contributed by atoms with Gasteiger partial charge in [-0.15, -0.1) is 0 Å². The zero-order valence-electron chi connectivity index (χ0n) is 10.4. The maximum Gasteiger partial charge on any atom is 0.250 e. The predicted molar refractivity (Wildman–Crippen MR) is 62.7 cm³/mol. The van der Waals surface area contributed by atoms with Crippen molar-refractivity contribution in [1.29, 1.82) is 0 Å². The van der Waals surface area contributed by atoms with E-state index in [1.54, 1.807) is 0 Å². The van der Waals surface area contributed by atoms with E-state index in [0.29, 0.717) is 12.0 Å². The van der Waals surface area contributed by atoms with E-state index in [9.17, 15) is 8.78 Å². The summed E-state index contributed by atoms with van der Waals surface area (Å²) >= 11 is 0. The van der Waals surface area contributed by atoms with Crippen molar-refractivity contribution in [2.24, 2.45) is 11.1 Å². The van der Waals surface area contributed by atoms with E-state index >= 15 is 0 Å². The third-order valence-electron chi connectivity index (χ3n) is 3.81. The van der Waals surface area contributed by atoms with Crippen LogP contribution in [-0.2, 0) is 0 Å². The number of nitrogens with one attached hydrogen (secondary N) is 1. The monoisotopic (exact) mass is 234 g/mol. The highest BCUT2D eigenvalue weighted by atomic mass is 19.3. The number of hydrogen-bond donors (Lipinski definition) is 2. The van der Waals surface area contributed by atoms with Gasteiger partial charge >= 0.3 is 0 Å². The van der Waals surface area contributed by atoms with Gasteiger partial charge in [-0.05, 0) is 31.1 Å². The molecule has 0 heterocycles. The van der Waals surface area contributed by atoms with Crippen molar-refractivity contribution < 1.29 is 8.78 Å². The molecule has 0 aromatic carbocycles. The maximum atomic E-state index is 12.2. The first-order chi connectivity index (χ1) is 7.39. The largest absolute Gasteiger partial charge is 0.329 e. The first-order valence-electron chi connectivity index (χ1n) is 6.12. The second kappa shape index (κ2) is 5.41. The molecule has 0 aliphatic heterocycles. The van der Waals surface area contributed by atoms with Crippen molar-refractivity contribution in [3.8, 4) is 0 Å². The minimum Gasteiger partial charge on any atom is -0.329 e. The standard InChI is InChI=1S/C12H24F2N2/c1-11(2)4-3-5-12(9-15,7-6-11)16-8-10(13)14/h10,16H,3-9,15H2,1-2H3. The van der Waals surface area contributed by atoms with Crippen LogP contribution in [0.3, 0.4) is 0 Å². The van der Waals surface area contributed by atoms with Gasteiger partial charge in [0.25, 0.3) is 6.43 Å². The van der Waals surface area contributed by atoms with Gasteiger partial charge in [0.2, 0.25) is 0 Å². The SMILES string of the molecule is CC1(C)CCCC(CN)(NCC(F)F)CC1. The summed E-state index contributed by atoms with van der Waals surface area (Å²) in [7, 11) is 0. The van der Waals surface area contributed by atoms with Crippen LogP contribution in [0.1, 0.15) is 46.0 Å². The zero-order valence-corrected chi connectivity index (χ0v) is 10.4. The lowest BCUT2D eigenvalue weighted by Gasteiger charge is -2.33. The molecule has 4 heteroatoms. The smallest absolute Gasteiger partial charge is 0.250 e. The summed E-state index contributed by atoms with van der Waals surface area (Å²) < 4.78 is 24.5. The summed E-state index contributed by atoms with van der Waals surface area (Å²) in [4.78, 5) is 0. The second-order valence-electron chi connectivity index (χ2n) is 5.77. The minimum atomic E-state index is -2.29. The molecule has 0 spiro atoms. The van der Waals surface area contributed by atoms with Crippen molar-refractivity contribution in [1.82, 2.24) is 5.32 Å². The fraction of sp³-hybridized carbons (Fsp3) is 1.00. The number of alkyl halides is 2. The van der Waals surface area contributed by atoms with Gasteiger partial charge in [-0.1, -0.05) is 20.3 Å². The zero-order chi connectivity index (χ0) is 12.2. The molecular formula is C12H24F2N2. The molecule has 2 nitrogen and oxygen atoms in total. The van der Waals surface area contributed by atoms with Crippen molar-refractivity contribution in [3.05, 3.63) is 0 Å². The number of nitrogens with two attached hydrogens (primary N) is 1. The van der Waals surface area contributed by atoms with Gasteiger partial charge in [-0.2, -0.15) is 0 Å². The van der Waals surface area contributed by atoms with E-state index in [0.717, 1.165) is 32.1 Å². The van der Waals surface area contributed by atoms with E-state index in [4.69, 9.17) is 5.73 Å². The van der Waals surface area contributed by atoms with Crippen molar-refractivity contribution >= 4 is 0 Å². The highest BCUT2D eigenvalue weighted by Crippen LogP contribution is 2.37. The van der Waals surface area contributed by atoms with Crippen LogP contribution in [0.25, 0.3) is 0 Å². The fourth-order valence-electron chi connectivity index (χ4n) is 2.48. The van der Waals surface area contributed by atoms with Crippen molar-refractivity contribution in [2.75, 3.05) is 13.1 Å². The quantitative estimate of drug-likeness (QED) is 0.734. The molecule has 96 valence electrons. The van der Waals surface area contributed by atoms with Crippen LogP contribution in [0.4, 0.5) is 8.78 Å². The first kappa shape index (κ1) is 13.8. The lowest BCUT2D eigenvalue weighted by molar-refractivity contribution is 0.125. The Balaban J connectivity index is 2.58. The van der Waals surface area contributed by atoms with Crippen LogP contribution in [0.15, 0.2) is 0 Å². The second-order valence-corrected chi connectivity index (χ2v) is 5.77. The van der Waals surface area contributed by atoms with Crippen LogP contribution in [0, 0.1) is 5.41 Å². The summed E-state index contributed by atoms with van der Waals surface area (Å²) in [6.07, 6.45) is 2.81. The molecule has 16 heavy (non-hydrogen) atoms. The lowest BCUT2D eigenvalue weighted by atomic mass is 9.83. The molecule has 3 N–H and O–H groups in total. The summed E-state index contributed by atoms with van der Waals surface area (Å²) in [6.45, 7) is 4.70. The fourth-order valence-corrected chi connectivity index (χ4v) is 2.48. The van der Waals surface area contributed by atoms with Crippen molar-refractivity contribution in [3.63, 3.8) is 0 Å². The van der Waals surface area contributed by atoms with E-state index in [1.807, 2.05) is 0 Å². The van der Waals surface area contributed by atoms with Gasteiger partial charge in [-0.3, -0.25) is 0 Å². The summed E-state index contributed by atoms with van der Waals surface area (Å²) in [6, 6.07) is 0. The summed E-state index contributed by atoms with van der Waals surface area (Å²) in [5, 5.41) is 2.99. The Morgan fingerprint density at radius 1 is 1.19 bits per heavy atom. The number of halogens is 2. The third kappa shape index (κ3) is 3.98. The molecule has 1 rings (SSSR count). The van der Waals surface area contributed by atoms with Crippen molar-refractivity contribution in [2.45, 2.75) is 57.9 Å². The lowest BCUT2D eigenvalue weighted by Crippen LogP contribution is -2.52. The van der Waals surface area contributed by atoms with Gasteiger partial charge in [0, 0.05) is 12.1 Å². The molecule has 0 radical (unpaired) electrons. The van der Waals surface area contributed by atoms with Crippen LogP contribution >= 0.6 is 0 Å². The molecule has 1 saturated carbocycles. The Morgan fingerprint density at radius 3 is 2.44 bits per heavy atom. The maximum absolute atomic E-state index is 12.2. The Bertz CT molecular complexity index is 219. The summed E-state index contributed by atoms with van der Waals surface area (Å²) in [5.74, 6) is 0. The van der Waals surface area contributed by atoms with E-state index in [1.165, 1.54) is 0 Å². The molecule has 0 aromatic heterocycles. The van der Waals surface area contributed by atoms with Gasteiger partial charge < -0.3 is 11.1 Å². The van der Waals surface area contributed by atoms with Crippen LogP contribution in [0.2, 0.25) is 0 Å². The normalized spacial score (nSPS) is 30.4. The van der Waals surface area contributed by atoms with Gasteiger partial charge in [-0.25, -0.2) is 8.78 Å². The average molecular weight is 234 g/mol. The van der Waals surface area contributed by atoms with Crippen LogP contribution in [0.5, 0.6) is 0 Å². The molecule has 1 aliphatic carbocycles. The van der Waals surface area contributed by atoms with Crippen LogP contribution in [-0.4, -0.2) is 25.1 Å². The van der Waals surface area contributed by atoms with E-state index in [2.05, 4.69) is 19.2 Å². The highest BCUT2D eigenvalue weighted by molar-refractivity contribution is 4.93. The Labute approximate surface area is 97.0 Å². The Hall–Kier alpha value is -0.220. The summed E-state index contributed by atoms with van der Waals surface area (Å²) in [5.41, 5.74) is 5.84. The van der Waals surface area contributed by atoms with Gasteiger partial charge in [0.05, 0.1) is 6.54 Å². The first-order valence-corrected chi connectivity index (χ1v) is 6.12. The van der Waals surface area contributed by atoms with E-state index < -0.39 is 6.43 Å². The average Bonchev–Trinajstić information content (AvgIpc) is 2.35. The third-order valence-corrected chi connectivity index (χ3v) is 3.81. The van der Waals surface area contributed by atoms with Gasteiger partial charge in [0.15, 0.2) is 0 Å². The molecule has 1 atom stereocenters. The molecule has 1 aliphatic rings. The minimum absolute atomic E-state index is 0.238. The van der Waals surface area contributed by atoms with Crippen LogP contribution < -0.4 is 11.1 Å². The molecule has 0 aromatic rings. The predicted octanol–water partition coefficient (Wildman–Crippen LogP) is 2.53.